The first-order valence-electron chi connectivity index (χ1n) is 6.94. The number of hydrogen-bond donors (Lipinski definition) is 1. The molecule has 0 radical (unpaired) electrons. The van der Waals surface area contributed by atoms with E-state index >= 15 is 0 Å². The maximum absolute atomic E-state index is 12.3. The lowest BCUT2D eigenvalue weighted by Crippen LogP contribution is -2.17. The lowest BCUT2D eigenvalue weighted by atomic mass is 10.1. The SMILES string of the molecule is O=C1NC(=O)/C(=C/c2cc(Br)ccc2OC(=O)c2cccc(Cl)c2)S1. The molecule has 0 aliphatic carbocycles. The Morgan fingerprint density at radius 1 is 1.20 bits per heavy atom. The molecule has 2 aromatic rings. The fraction of sp³-hybridized carbons (Fsp3) is 0. The molecular weight excluding hydrogens is 430 g/mol. The van der Waals surface area contributed by atoms with Crippen LogP contribution in [0, 0.1) is 0 Å². The molecule has 1 N–H and O–H groups in total. The Morgan fingerprint density at radius 3 is 2.68 bits per heavy atom. The quantitative estimate of drug-likeness (QED) is 0.429. The van der Waals surface area contributed by atoms with Gasteiger partial charge in [-0.3, -0.25) is 14.9 Å². The highest BCUT2D eigenvalue weighted by Gasteiger charge is 2.25. The molecule has 2 amide bonds. The van der Waals surface area contributed by atoms with Crippen molar-refractivity contribution in [2.45, 2.75) is 0 Å². The van der Waals surface area contributed by atoms with Crippen LogP contribution in [0.5, 0.6) is 5.75 Å². The minimum Gasteiger partial charge on any atom is -0.422 e. The molecule has 2 aromatic carbocycles. The van der Waals surface area contributed by atoms with Gasteiger partial charge in [-0.25, -0.2) is 4.79 Å². The van der Waals surface area contributed by atoms with Crippen LogP contribution in [0.15, 0.2) is 51.8 Å². The van der Waals surface area contributed by atoms with Crippen molar-refractivity contribution in [3.05, 3.63) is 68.0 Å². The average molecular weight is 439 g/mol. The highest BCUT2D eigenvalue weighted by Crippen LogP contribution is 2.31. The van der Waals surface area contributed by atoms with Gasteiger partial charge >= 0.3 is 5.97 Å². The van der Waals surface area contributed by atoms with Crippen molar-refractivity contribution in [1.82, 2.24) is 5.32 Å². The van der Waals surface area contributed by atoms with Gasteiger partial charge in [-0.05, 0) is 54.2 Å². The van der Waals surface area contributed by atoms with E-state index < -0.39 is 17.1 Å². The van der Waals surface area contributed by atoms with Gasteiger partial charge in [0.2, 0.25) is 0 Å². The van der Waals surface area contributed by atoms with Crippen LogP contribution >= 0.6 is 39.3 Å². The van der Waals surface area contributed by atoms with E-state index in [2.05, 4.69) is 21.2 Å². The smallest absolute Gasteiger partial charge is 0.343 e. The predicted molar refractivity (Wildman–Crippen MR) is 99.7 cm³/mol. The number of ether oxygens (including phenoxy) is 1. The van der Waals surface area contributed by atoms with Gasteiger partial charge in [0.15, 0.2) is 0 Å². The number of halogens is 2. The van der Waals surface area contributed by atoms with Crippen molar-refractivity contribution in [2.75, 3.05) is 0 Å². The van der Waals surface area contributed by atoms with E-state index in [1.807, 2.05) is 0 Å². The summed E-state index contributed by atoms with van der Waals surface area (Å²) in [5.74, 6) is -0.806. The third kappa shape index (κ3) is 4.31. The molecule has 126 valence electrons. The highest BCUT2D eigenvalue weighted by atomic mass is 79.9. The molecule has 1 aliphatic rings. The van der Waals surface area contributed by atoms with Gasteiger partial charge in [0, 0.05) is 15.1 Å². The van der Waals surface area contributed by atoms with Crippen LogP contribution in [0.25, 0.3) is 6.08 Å². The third-order valence-electron chi connectivity index (χ3n) is 3.16. The van der Waals surface area contributed by atoms with E-state index in [1.54, 1.807) is 36.4 Å². The van der Waals surface area contributed by atoms with Crippen LogP contribution in [0.4, 0.5) is 4.79 Å². The fourth-order valence-corrected chi connectivity index (χ4v) is 3.30. The van der Waals surface area contributed by atoms with Crippen LogP contribution < -0.4 is 10.1 Å². The lowest BCUT2D eigenvalue weighted by molar-refractivity contribution is -0.115. The number of carbonyl (C=O) groups excluding carboxylic acids is 3. The average Bonchev–Trinajstić information content (AvgIpc) is 2.87. The second kappa shape index (κ2) is 7.43. The summed E-state index contributed by atoms with van der Waals surface area (Å²) in [6.45, 7) is 0. The molecule has 1 heterocycles. The summed E-state index contributed by atoms with van der Waals surface area (Å²) < 4.78 is 6.16. The zero-order valence-corrected chi connectivity index (χ0v) is 15.6. The van der Waals surface area contributed by atoms with Gasteiger partial charge in [-0.15, -0.1) is 0 Å². The molecule has 0 bridgehead atoms. The zero-order valence-electron chi connectivity index (χ0n) is 12.4. The molecule has 1 saturated heterocycles. The minimum absolute atomic E-state index is 0.225. The molecule has 0 atom stereocenters. The Kier molecular flexibility index (Phi) is 5.27. The topological polar surface area (TPSA) is 72.5 Å². The van der Waals surface area contributed by atoms with Gasteiger partial charge in [0.1, 0.15) is 5.75 Å². The monoisotopic (exact) mass is 437 g/mol. The van der Waals surface area contributed by atoms with Gasteiger partial charge < -0.3 is 4.74 Å². The van der Waals surface area contributed by atoms with E-state index in [0.29, 0.717) is 16.1 Å². The number of amides is 2. The molecule has 8 heteroatoms. The maximum atomic E-state index is 12.3. The number of benzene rings is 2. The Labute approximate surface area is 160 Å². The number of nitrogens with one attached hydrogen (secondary N) is 1. The normalized spacial score (nSPS) is 15.4. The molecule has 25 heavy (non-hydrogen) atoms. The third-order valence-corrected chi connectivity index (χ3v) is 4.70. The van der Waals surface area contributed by atoms with E-state index in [1.165, 1.54) is 12.1 Å². The molecule has 0 aromatic heterocycles. The van der Waals surface area contributed by atoms with Crippen molar-refractivity contribution >= 4 is 62.5 Å². The highest BCUT2D eigenvalue weighted by molar-refractivity contribution is 9.10. The summed E-state index contributed by atoms with van der Waals surface area (Å²) in [4.78, 5) is 35.5. The first kappa shape index (κ1) is 17.7. The molecule has 1 fully saturated rings. The Balaban J connectivity index is 1.92. The van der Waals surface area contributed by atoms with Crippen molar-refractivity contribution in [1.29, 1.82) is 0 Å². The fourth-order valence-electron chi connectivity index (χ4n) is 2.06. The molecule has 0 unspecified atom stereocenters. The molecule has 3 rings (SSSR count). The predicted octanol–water partition coefficient (Wildman–Crippen LogP) is 4.65. The van der Waals surface area contributed by atoms with Gasteiger partial charge in [-0.2, -0.15) is 0 Å². The Hall–Kier alpha value is -2.09. The Bertz CT molecular complexity index is 929. The number of thioether (sulfide) groups is 1. The van der Waals surface area contributed by atoms with Crippen molar-refractivity contribution < 1.29 is 19.1 Å². The van der Waals surface area contributed by atoms with Crippen LogP contribution in [0.2, 0.25) is 5.02 Å². The van der Waals surface area contributed by atoms with E-state index in [0.717, 1.165) is 16.2 Å². The summed E-state index contributed by atoms with van der Waals surface area (Å²) in [5, 5.41) is 2.16. The summed E-state index contributed by atoms with van der Waals surface area (Å²) in [5.41, 5.74) is 0.786. The van der Waals surface area contributed by atoms with E-state index in [4.69, 9.17) is 16.3 Å². The maximum Gasteiger partial charge on any atom is 0.343 e. The number of esters is 1. The van der Waals surface area contributed by atoms with E-state index in [-0.39, 0.29) is 10.7 Å². The summed E-state index contributed by atoms with van der Waals surface area (Å²) in [7, 11) is 0. The minimum atomic E-state index is -0.580. The summed E-state index contributed by atoms with van der Waals surface area (Å²) in [6.07, 6.45) is 1.50. The number of carbonyl (C=O) groups is 3. The number of rotatable bonds is 3. The van der Waals surface area contributed by atoms with Crippen LogP contribution in [-0.4, -0.2) is 17.1 Å². The first-order valence-corrected chi connectivity index (χ1v) is 8.93. The van der Waals surface area contributed by atoms with Gasteiger partial charge in [-0.1, -0.05) is 33.6 Å². The van der Waals surface area contributed by atoms with E-state index in [9.17, 15) is 14.4 Å². The molecule has 0 saturated carbocycles. The van der Waals surface area contributed by atoms with Crippen molar-refractivity contribution in [2.24, 2.45) is 0 Å². The standard InChI is InChI=1S/C17H9BrClNO4S/c18-11-4-5-13(24-16(22)9-2-1-3-12(19)7-9)10(6-11)8-14-15(21)20-17(23)25-14/h1-8H,(H,20,21,23)/b14-8-. The Morgan fingerprint density at radius 2 is 2.00 bits per heavy atom. The second-order valence-electron chi connectivity index (χ2n) is 4.93. The zero-order chi connectivity index (χ0) is 18.0. The summed E-state index contributed by atoms with van der Waals surface area (Å²) in [6, 6.07) is 11.4. The molecular formula is C17H9BrClNO4S. The first-order chi connectivity index (χ1) is 11.9. The van der Waals surface area contributed by atoms with Crippen LogP contribution in [0.1, 0.15) is 15.9 Å². The molecule has 1 aliphatic heterocycles. The summed E-state index contributed by atoms with van der Waals surface area (Å²) >= 11 is 10.0. The van der Waals surface area contributed by atoms with Crippen LogP contribution in [0.3, 0.4) is 0 Å². The van der Waals surface area contributed by atoms with Crippen molar-refractivity contribution in [3.8, 4) is 5.75 Å². The largest absolute Gasteiger partial charge is 0.422 e. The van der Waals surface area contributed by atoms with Crippen molar-refractivity contribution in [3.63, 3.8) is 0 Å². The number of imide groups is 1. The van der Waals surface area contributed by atoms with Crippen LogP contribution in [-0.2, 0) is 4.79 Å². The molecule has 5 nitrogen and oxygen atoms in total. The number of hydrogen-bond acceptors (Lipinski definition) is 5. The second-order valence-corrected chi connectivity index (χ2v) is 7.30. The lowest BCUT2D eigenvalue weighted by Gasteiger charge is -2.09. The molecule has 0 spiro atoms. The van der Waals surface area contributed by atoms with Gasteiger partial charge in [0.05, 0.1) is 10.5 Å². The van der Waals surface area contributed by atoms with Gasteiger partial charge in [0.25, 0.3) is 11.1 Å².